The van der Waals surface area contributed by atoms with E-state index in [0.717, 1.165) is 11.1 Å². The van der Waals surface area contributed by atoms with Crippen LogP contribution in [0.3, 0.4) is 0 Å². The Morgan fingerprint density at radius 3 is 2.36 bits per heavy atom. The highest BCUT2D eigenvalue weighted by Crippen LogP contribution is 2.37. The van der Waals surface area contributed by atoms with E-state index >= 15 is 0 Å². The van der Waals surface area contributed by atoms with Crippen LogP contribution in [0.25, 0.3) is 0 Å². The molecule has 25 heavy (non-hydrogen) atoms. The number of sulfonamides is 1. The van der Waals surface area contributed by atoms with Gasteiger partial charge in [-0.2, -0.15) is 4.31 Å². The minimum Gasteiger partial charge on any atom is -0.395 e. The van der Waals surface area contributed by atoms with Crippen LogP contribution in [0.2, 0.25) is 0 Å². The van der Waals surface area contributed by atoms with Crippen molar-refractivity contribution in [2.24, 2.45) is 0 Å². The van der Waals surface area contributed by atoms with Crippen LogP contribution < -0.4 is 0 Å². The Balaban J connectivity index is 1.56. The number of aryl methyl sites for hydroxylation is 1. The highest BCUT2D eigenvalue weighted by molar-refractivity contribution is 7.89. The summed E-state index contributed by atoms with van der Waals surface area (Å²) < 4.78 is 32.5. The van der Waals surface area contributed by atoms with Crippen molar-refractivity contribution in [1.82, 2.24) is 4.31 Å². The van der Waals surface area contributed by atoms with Crippen molar-refractivity contribution in [3.63, 3.8) is 0 Å². The Morgan fingerprint density at radius 1 is 1.04 bits per heavy atom. The Kier molecular flexibility index (Phi) is 5.54. The fraction of sp³-hybridized carbons (Fsp3) is 0.368. The van der Waals surface area contributed by atoms with E-state index in [9.17, 15) is 13.5 Å². The van der Waals surface area contributed by atoms with Gasteiger partial charge < -0.3 is 9.84 Å². The van der Waals surface area contributed by atoms with Crippen LogP contribution in [0, 0.1) is 6.92 Å². The summed E-state index contributed by atoms with van der Waals surface area (Å²) in [6.07, 6.45) is 0.573. The first kappa shape index (κ1) is 18.1. The molecule has 3 atom stereocenters. The van der Waals surface area contributed by atoms with E-state index in [4.69, 9.17) is 4.74 Å². The molecule has 0 bridgehead atoms. The Morgan fingerprint density at radius 2 is 1.72 bits per heavy atom. The van der Waals surface area contributed by atoms with E-state index in [1.807, 2.05) is 37.3 Å². The lowest BCUT2D eigenvalue weighted by Gasteiger charge is -2.07. The average Bonchev–Trinajstić information content (AvgIpc) is 3.34. The molecule has 0 spiro atoms. The Labute approximate surface area is 148 Å². The second kappa shape index (κ2) is 7.66. The van der Waals surface area contributed by atoms with E-state index in [1.165, 1.54) is 4.31 Å². The standard InChI is InChI=1S/C19H23NO4S/c1-15-7-9-17(10-8-15)25(22,23)20-18(19(20)13-21)11-12-24-14-16-5-3-2-4-6-16/h2-10,18-19,21H,11-14H2,1H3/t18-,19+,20?/m1/s1. The van der Waals surface area contributed by atoms with Crippen LogP contribution in [0.4, 0.5) is 0 Å². The molecule has 5 nitrogen and oxygen atoms in total. The molecule has 1 saturated heterocycles. The number of aliphatic hydroxyl groups excluding tert-OH is 1. The molecule has 3 rings (SSSR count). The molecule has 1 aliphatic heterocycles. The highest BCUT2D eigenvalue weighted by Gasteiger charge is 2.54. The molecule has 2 aromatic carbocycles. The van der Waals surface area contributed by atoms with Crippen LogP contribution in [0.5, 0.6) is 0 Å². The molecule has 0 radical (unpaired) electrons. The van der Waals surface area contributed by atoms with E-state index in [1.54, 1.807) is 24.3 Å². The molecule has 1 N–H and O–H groups in total. The minimum atomic E-state index is -3.56. The van der Waals surface area contributed by atoms with Crippen LogP contribution >= 0.6 is 0 Å². The van der Waals surface area contributed by atoms with Crippen LogP contribution in [-0.4, -0.2) is 43.1 Å². The fourth-order valence-electron chi connectivity index (χ4n) is 2.99. The second-order valence-corrected chi connectivity index (χ2v) is 8.14. The number of aliphatic hydroxyl groups is 1. The third-order valence-corrected chi connectivity index (χ3v) is 6.43. The lowest BCUT2D eigenvalue weighted by atomic mass is 10.2. The first-order valence-electron chi connectivity index (χ1n) is 8.37. The largest absolute Gasteiger partial charge is 0.395 e. The van der Waals surface area contributed by atoms with Crippen molar-refractivity contribution in [2.75, 3.05) is 13.2 Å². The molecule has 1 unspecified atom stereocenters. The molecule has 6 heteroatoms. The zero-order chi connectivity index (χ0) is 17.9. The third kappa shape index (κ3) is 4.10. The summed E-state index contributed by atoms with van der Waals surface area (Å²) >= 11 is 0. The van der Waals surface area contributed by atoms with Crippen LogP contribution in [0.15, 0.2) is 59.5 Å². The first-order valence-corrected chi connectivity index (χ1v) is 9.81. The van der Waals surface area contributed by atoms with Crippen molar-refractivity contribution in [1.29, 1.82) is 0 Å². The Hall–Kier alpha value is -1.73. The second-order valence-electron chi connectivity index (χ2n) is 6.29. The smallest absolute Gasteiger partial charge is 0.243 e. The topological polar surface area (TPSA) is 66.6 Å². The van der Waals surface area contributed by atoms with Gasteiger partial charge in [-0.25, -0.2) is 8.42 Å². The molecule has 1 fully saturated rings. The molecule has 0 amide bonds. The molecule has 0 aliphatic carbocycles. The van der Waals surface area contributed by atoms with Crippen LogP contribution in [-0.2, 0) is 21.4 Å². The fourth-order valence-corrected chi connectivity index (χ4v) is 4.82. The van der Waals surface area contributed by atoms with Gasteiger partial charge in [0.2, 0.25) is 10.0 Å². The summed E-state index contributed by atoms with van der Waals surface area (Å²) in [6, 6.07) is 16.1. The van der Waals surface area contributed by atoms with Gasteiger partial charge in [0.05, 0.1) is 24.2 Å². The maximum absolute atomic E-state index is 12.7. The summed E-state index contributed by atoms with van der Waals surface area (Å²) in [7, 11) is -3.56. The van der Waals surface area contributed by atoms with Gasteiger partial charge in [-0.15, -0.1) is 0 Å². The van der Waals surface area contributed by atoms with Gasteiger partial charge in [0, 0.05) is 12.6 Å². The minimum absolute atomic E-state index is 0.172. The van der Waals surface area contributed by atoms with Crippen molar-refractivity contribution >= 4 is 10.0 Å². The number of ether oxygens (including phenoxy) is 1. The third-order valence-electron chi connectivity index (χ3n) is 4.46. The maximum atomic E-state index is 12.7. The number of hydrogen-bond acceptors (Lipinski definition) is 4. The monoisotopic (exact) mass is 361 g/mol. The predicted octanol–water partition coefficient (Wildman–Crippen LogP) is 2.34. The zero-order valence-corrected chi connectivity index (χ0v) is 15.0. The summed E-state index contributed by atoms with van der Waals surface area (Å²) in [4.78, 5) is 0.268. The Bertz CT molecular complexity index is 790. The molecule has 134 valence electrons. The molecular formula is C19H23NO4S. The van der Waals surface area contributed by atoms with E-state index in [2.05, 4.69) is 0 Å². The number of rotatable bonds is 8. The van der Waals surface area contributed by atoms with Gasteiger partial charge in [0.15, 0.2) is 0 Å². The number of benzene rings is 2. The maximum Gasteiger partial charge on any atom is 0.243 e. The number of nitrogens with zero attached hydrogens (tertiary/aromatic N) is 1. The zero-order valence-electron chi connectivity index (χ0n) is 14.2. The predicted molar refractivity (Wildman–Crippen MR) is 95.6 cm³/mol. The van der Waals surface area contributed by atoms with Crippen molar-refractivity contribution < 1.29 is 18.3 Å². The lowest BCUT2D eigenvalue weighted by Crippen LogP contribution is -2.17. The molecule has 1 aliphatic rings. The van der Waals surface area contributed by atoms with E-state index in [-0.39, 0.29) is 23.6 Å². The molecule has 0 aromatic heterocycles. The van der Waals surface area contributed by atoms with Crippen molar-refractivity contribution in [2.45, 2.75) is 36.9 Å². The molecule has 0 saturated carbocycles. The summed E-state index contributed by atoms with van der Waals surface area (Å²) in [5.74, 6) is 0. The number of hydrogen-bond donors (Lipinski definition) is 1. The van der Waals surface area contributed by atoms with Gasteiger partial charge in [-0.3, -0.25) is 0 Å². The molecular weight excluding hydrogens is 338 g/mol. The molecule has 2 aromatic rings. The highest BCUT2D eigenvalue weighted by atomic mass is 32.2. The van der Waals surface area contributed by atoms with Gasteiger partial charge in [-0.1, -0.05) is 48.0 Å². The first-order chi connectivity index (χ1) is 12.0. The van der Waals surface area contributed by atoms with Gasteiger partial charge in [0.25, 0.3) is 0 Å². The van der Waals surface area contributed by atoms with E-state index < -0.39 is 10.0 Å². The van der Waals surface area contributed by atoms with E-state index in [0.29, 0.717) is 19.6 Å². The molecule has 1 heterocycles. The van der Waals surface area contributed by atoms with Gasteiger partial charge >= 0.3 is 0 Å². The van der Waals surface area contributed by atoms with Gasteiger partial charge in [0.1, 0.15) is 0 Å². The van der Waals surface area contributed by atoms with Crippen molar-refractivity contribution in [3.05, 3.63) is 65.7 Å². The summed E-state index contributed by atoms with van der Waals surface area (Å²) in [5, 5.41) is 9.49. The average molecular weight is 361 g/mol. The van der Waals surface area contributed by atoms with Gasteiger partial charge in [-0.05, 0) is 31.0 Å². The SMILES string of the molecule is Cc1ccc(S(=O)(=O)N2[C@H](CCOCc3ccccc3)[C@@H]2CO)cc1. The van der Waals surface area contributed by atoms with Crippen LogP contribution in [0.1, 0.15) is 17.5 Å². The normalized spacial score (nSPS) is 22.7. The van der Waals surface area contributed by atoms with Crippen molar-refractivity contribution in [3.8, 4) is 0 Å². The lowest BCUT2D eigenvalue weighted by molar-refractivity contribution is 0.117. The summed E-state index contributed by atoms with van der Waals surface area (Å²) in [5.41, 5.74) is 2.09. The quantitative estimate of drug-likeness (QED) is 0.579. The summed E-state index contributed by atoms with van der Waals surface area (Å²) in [6.45, 7) is 2.70.